The Morgan fingerprint density at radius 2 is 1.09 bits per heavy atom. The first-order valence-electron chi connectivity index (χ1n) is 7.61. The predicted molar refractivity (Wildman–Crippen MR) is 92.3 cm³/mol. The molecule has 0 saturated heterocycles. The summed E-state index contributed by atoms with van der Waals surface area (Å²) in [6.45, 7) is 0. The van der Waals surface area contributed by atoms with E-state index in [1.165, 1.54) is 11.1 Å². The standard InChI is InChI=1S/C19H23ClO2/c1-21-18-11-5-15(6-12-18)3-9-17(20)10-4-16-7-13-19(22-2)14-8-16/h5-8,11-14,17H,3-4,9-10H2,1-2H3. The highest BCUT2D eigenvalue weighted by Gasteiger charge is 2.06. The number of hydrogen-bond acceptors (Lipinski definition) is 2. The summed E-state index contributed by atoms with van der Waals surface area (Å²) in [5, 5.41) is 0.198. The molecule has 3 heteroatoms. The Bertz CT molecular complexity index is 497. The van der Waals surface area contributed by atoms with E-state index in [2.05, 4.69) is 24.3 Å². The number of aryl methyl sites for hydroxylation is 2. The van der Waals surface area contributed by atoms with Crippen LogP contribution >= 0.6 is 11.6 Å². The van der Waals surface area contributed by atoms with E-state index in [0.717, 1.165) is 37.2 Å². The second-order valence-electron chi connectivity index (χ2n) is 5.37. The molecule has 0 N–H and O–H groups in total. The van der Waals surface area contributed by atoms with Crippen LogP contribution in [0.3, 0.4) is 0 Å². The molecule has 118 valence electrons. The fraction of sp³-hybridized carbons (Fsp3) is 0.368. The Labute approximate surface area is 138 Å². The molecular weight excluding hydrogens is 296 g/mol. The van der Waals surface area contributed by atoms with Gasteiger partial charge >= 0.3 is 0 Å². The summed E-state index contributed by atoms with van der Waals surface area (Å²) in [5.74, 6) is 1.79. The maximum absolute atomic E-state index is 6.45. The molecule has 2 rings (SSSR count). The molecule has 0 radical (unpaired) electrons. The predicted octanol–water partition coefficient (Wildman–Crippen LogP) is 4.88. The zero-order valence-corrected chi connectivity index (χ0v) is 14.0. The Morgan fingerprint density at radius 1 is 0.727 bits per heavy atom. The van der Waals surface area contributed by atoms with Gasteiger partial charge in [0, 0.05) is 5.38 Å². The lowest BCUT2D eigenvalue weighted by molar-refractivity contribution is 0.414. The summed E-state index contributed by atoms with van der Waals surface area (Å²) < 4.78 is 10.3. The molecule has 0 atom stereocenters. The van der Waals surface area contributed by atoms with Crippen molar-refractivity contribution in [3.8, 4) is 11.5 Å². The zero-order valence-electron chi connectivity index (χ0n) is 13.2. The van der Waals surface area contributed by atoms with E-state index in [1.807, 2.05) is 24.3 Å². The van der Waals surface area contributed by atoms with Gasteiger partial charge in [0.1, 0.15) is 11.5 Å². The third-order valence-electron chi connectivity index (χ3n) is 3.81. The normalized spacial score (nSPS) is 10.7. The molecule has 0 fully saturated rings. The zero-order chi connectivity index (χ0) is 15.8. The minimum Gasteiger partial charge on any atom is -0.497 e. The van der Waals surface area contributed by atoms with Gasteiger partial charge in [-0.05, 0) is 61.1 Å². The van der Waals surface area contributed by atoms with Crippen LogP contribution in [0.2, 0.25) is 0 Å². The van der Waals surface area contributed by atoms with Crippen molar-refractivity contribution >= 4 is 11.6 Å². The monoisotopic (exact) mass is 318 g/mol. The van der Waals surface area contributed by atoms with Gasteiger partial charge in [0.05, 0.1) is 14.2 Å². The fourth-order valence-corrected chi connectivity index (χ4v) is 2.59. The highest BCUT2D eigenvalue weighted by atomic mass is 35.5. The molecule has 0 amide bonds. The number of hydrogen-bond donors (Lipinski definition) is 0. The lowest BCUT2D eigenvalue weighted by Crippen LogP contribution is -2.03. The van der Waals surface area contributed by atoms with Crippen molar-refractivity contribution in [3.05, 3.63) is 59.7 Å². The Balaban J connectivity index is 1.73. The molecule has 2 aromatic rings. The molecule has 0 bridgehead atoms. The Kier molecular flexibility index (Phi) is 6.60. The van der Waals surface area contributed by atoms with E-state index < -0.39 is 0 Å². The summed E-state index contributed by atoms with van der Waals surface area (Å²) >= 11 is 6.45. The van der Waals surface area contributed by atoms with Gasteiger partial charge in [-0.25, -0.2) is 0 Å². The van der Waals surface area contributed by atoms with Gasteiger partial charge in [-0.3, -0.25) is 0 Å². The van der Waals surface area contributed by atoms with Crippen molar-refractivity contribution in [1.29, 1.82) is 0 Å². The molecule has 2 nitrogen and oxygen atoms in total. The van der Waals surface area contributed by atoms with Gasteiger partial charge in [0.2, 0.25) is 0 Å². The lowest BCUT2D eigenvalue weighted by Gasteiger charge is -2.10. The molecule has 0 aliphatic rings. The highest BCUT2D eigenvalue weighted by molar-refractivity contribution is 6.20. The van der Waals surface area contributed by atoms with E-state index in [9.17, 15) is 0 Å². The molecular formula is C19H23ClO2. The van der Waals surface area contributed by atoms with Gasteiger partial charge in [-0.15, -0.1) is 11.6 Å². The topological polar surface area (TPSA) is 18.5 Å². The number of benzene rings is 2. The Morgan fingerprint density at radius 3 is 1.41 bits per heavy atom. The number of methoxy groups -OCH3 is 2. The van der Waals surface area contributed by atoms with Crippen molar-refractivity contribution in [2.45, 2.75) is 31.1 Å². The average molecular weight is 319 g/mol. The quantitative estimate of drug-likeness (QED) is 0.646. The first-order chi connectivity index (χ1) is 10.7. The van der Waals surface area contributed by atoms with Crippen LogP contribution in [0.25, 0.3) is 0 Å². The first-order valence-corrected chi connectivity index (χ1v) is 8.05. The second kappa shape index (κ2) is 8.70. The molecule has 0 saturated carbocycles. The summed E-state index contributed by atoms with van der Waals surface area (Å²) in [7, 11) is 3.37. The average Bonchev–Trinajstić information content (AvgIpc) is 2.59. The largest absolute Gasteiger partial charge is 0.497 e. The number of halogens is 1. The van der Waals surface area contributed by atoms with E-state index in [-0.39, 0.29) is 5.38 Å². The summed E-state index contributed by atoms with van der Waals surface area (Å²) in [6, 6.07) is 16.4. The molecule has 0 heterocycles. The van der Waals surface area contributed by atoms with Gasteiger partial charge in [0.25, 0.3) is 0 Å². The molecule has 0 aromatic heterocycles. The van der Waals surface area contributed by atoms with Crippen LogP contribution < -0.4 is 9.47 Å². The van der Waals surface area contributed by atoms with Crippen LogP contribution in [0.4, 0.5) is 0 Å². The van der Waals surface area contributed by atoms with Gasteiger partial charge in [0.15, 0.2) is 0 Å². The summed E-state index contributed by atoms with van der Waals surface area (Å²) in [5.41, 5.74) is 2.60. The maximum atomic E-state index is 6.45. The summed E-state index contributed by atoms with van der Waals surface area (Å²) in [4.78, 5) is 0. The second-order valence-corrected chi connectivity index (χ2v) is 5.99. The minimum atomic E-state index is 0.198. The lowest BCUT2D eigenvalue weighted by atomic mass is 10.0. The van der Waals surface area contributed by atoms with E-state index in [0.29, 0.717) is 0 Å². The van der Waals surface area contributed by atoms with Crippen molar-refractivity contribution in [2.24, 2.45) is 0 Å². The molecule has 0 aliphatic carbocycles. The number of alkyl halides is 1. The van der Waals surface area contributed by atoms with E-state index in [4.69, 9.17) is 21.1 Å². The molecule has 2 aromatic carbocycles. The van der Waals surface area contributed by atoms with Crippen LogP contribution in [0.15, 0.2) is 48.5 Å². The summed E-state index contributed by atoms with van der Waals surface area (Å²) in [6.07, 6.45) is 3.98. The fourth-order valence-electron chi connectivity index (χ4n) is 2.38. The minimum absolute atomic E-state index is 0.198. The third-order valence-corrected chi connectivity index (χ3v) is 4.25. The van der Waals surface area contributed by atoms with Gasteiger partial charge in [-0.1, -0.05) is 24.3 Å². The van der Waals surface area contributed by atoms with E-state index >= 15 is 0 Å². The SMILES string of the molecule is COc1ccc(CCC(Cl)CCc2ccc(OC)cc2)cc1. The van der Waals surface area contributed by atoms with Crippen molar-refractivity contribution in [1.82, 2.24) is 0 Å². The van der Waals surface area contributed by atoms with Gasteiger partial charge in [-0.2, -0.15) is 0 Å². The van der Waals surface area contributed by atoms with E-state index in [1.54, 1.807) is 14.2 Å². The van der Waals surface area contributed by atoms with Gasteiger partial charge < -0.3 is 9.47 Å². The molecule has 22 heavy (non-hydrogen) atoms. The number of rotatable bonds is 8. The highest BCUT2D eigenvalue weighted by Crippen LogP contribution is 2.19. The van der Waals surface area contributed by atoms with Crippen molar-refractivity contribution in [2.75, 3.05) is 14.2 Å². The van der Waals surface area contributed by atoms with Crippen LogP contribution in [0, 0.1) is 0 Å². The Hall–Kier alpha value is -1.67. The third kappa shape index (κ3) is 5.27. The van der Waals surface area contributed by atoms with Crippen LogP contribution in [-0.2, 0) is 12.8 Å². The maximum Gasteiger partial charge on any atom is 0.118 e. The smallest absolute Gasteiger partial charge is 0.118 e. The molecule has 0 spiro atoms. The first kappa shape index (κ1) is 16.7. The molecule has 0 aliphatic heterocycles. The molecule has 0 unspecified atom stereocenters. The van der Waals surface area contributed by atoms with Crippen LogP contribution in [0.5, 0.6) is 11.5 Å². The van der Waals surface area contributed by atoms with Crippen LogP contribution in [-0.4, -0.2) is 19.6 Å². The van der Waals surface area contributed by atoms with Crippen molar-refractivity contribution < 1.29 is 9.47 Å². The number of ether oxygens (including phenoxy) is 2. The van der Waals surface area contributed by atoms with Crippen molar-refractivity contribution in [3.63, 3.8) is 0 Å². The van der Waals surface area contributed by atoms with Crippen LogP contribution in [0.1, 0.15) is 24.0 Å².